The van der Waals surface area contributed by atoms with E-state index in [1.165, 1.54) is 7.05 Å². The van der Waals surface area contributed by atoms with Crippen LogP contribution in [-0.4, -0.2) is 48.8 Å². The molecule has 0 bridgehead atoms. The maximum Gasteiger partial charge on any atom is 0.251 e. The molecule has 94 valence electrons. The molecule has 1 fully saturated rings. The van der Waals surface area contributed by atoms with Crippen molar-refractivity contribution in [2.45, 2.75) is 18.9 Å². The topological polar surface area (TPSA) is 78.5 Å². The summed E-state index contributed by atoms with van der Waals surface area (Å²) >= 11 is 0. The average Bonchev–Trinajstić information content (AvgIpc) is 2.30. The number of hydrogen-bond acceptors (Lipinski definition) is 4. The molecule has 0 saturated carbocycles. The van der Waals surface area contributed by atoms with Crippen molar-refractivity contribution in [1.29, 1.82) is 0 Å². The molecule has 1 unspecified atom stereocenters. The Morgan fingerprint density at radius 1 is 1.59 bits per heavy atom. The number of likely N-dealkylation sites (N-methyl/N-ethyl adjacent to an activating group) is 1. The quantitative estimate of drug-likeness (QED) is 0.367. The number of rotatable bonds is 5. The van der Waals surface area contributed by atoms with Crippen molar-refractivity contribution in [1.82, 2.24) is 15.5 Å². The third kappa shape index (κ3) is 3.67. The largest absolute Gasteiger partial charge is 0.343 e. The summed E-state index contributed by atoms with van der Waals surface area (Å²) in [5.41, 5.74) is 0. The van der Waals surface area contributed by atoms with Gasteiger partial charge in [-0.15, -0.1) is 6.58 Å². The first kappa shape index (κ1) is 13.4. The highest BCUT2D eigenvalue weighted by molar-refractivity contribution is 6.01. The molecule has 6 heteroatoms. The number of imide groups is 1. The molecule has 1 atom stereocenters. The smallest absolute Gasteiger partial charge is 0.251 e. The lowest BCUT2D eigenvalue weighted by Gasteiger charge is -2.28. The maximum absolute atomic E-state index is 11.7. The fraction of sp³-hybridized carbons (Fsp3) is 0.545. The van der Waals surface area contributed by atoms with E-state index in [-0.39, 0.29) is 30.7 Å². The molecule has 1 saturated heterocycles. The molecule has 0 aromatic rings. The van der Waals surface area contributed by atoms with Gasteiger partial charge in [0.2, 0.25) is 11.8 Å². The molecule has 1 rings (SSSR count). The van der Waals surface area contributed by atoms with Crippen LogP contribution in [0.2, 0.25) is 0 Å². The Labute approximate surface area is 100 Å². The second-order valence-corrected chi connectivity index (χ2v) is 3.87. The number of carbonyl (C=O) groups is 3. The second kappa shape index (κ2) is 6.15. The zero-order valence-electron chi connectivity index (χ0n) is 9.86. The molecule has 0 aromatic heterocycles. The van der Waals surface area contributed by atoms with Crippen molar-refractivity contribution in [3.63, 3.8) is 0 Å². The third-order valence-corrected chi connectivity index (χ3v) is 2.56. The van der Waals surface area contributed by atoms with Crippen LogP contribution in [0.25, 0.3) is 0 Å². The molecule has 0 aliphatic carbocycles. The normalized spacial score (nSPS) is 20.3. The van der Waals surface area contributed by atoms with Gasteiger partial charge in [0, 0.05) is 20.0 Å². The molecule has 0 spiro atoms. The number of carbonyl (C=O) groups excluding carboxylic acids is 3. The Hall–Kier alpha value is -1.69. The first-order valence-electron chi connectivity index (χ1n) is 5.47. The van der Waals surface area contributed by atoms with Gasteiger partial charge in [-0.2, -0.15) is 0 Å². The van der Waals surface area contributed by atoms with Crippen molar-refractivity contribution in [3.05, 3.63) is 12.7 Å². The van der Waals surface area contributed by atoms with Crippen LogP contribution in [-0.2, 0) is 14.4 Å². The molecule has 0 aromatic carbocycles. The monoisotopic (exact) mass is 239 g/mol. The number of piperidine rings is 1. The summed E-state index contributed by atoms with van der Waals surface area (Å²) in [5.74, 6) is -0.809. The molecule has 1 aliphatic rings. The van der Waals surface area contributed by atoms with E-state index in [1.54, 1.807) is 6.08 Å². The van der Waals surface area contributed by atoms with Gasteiger partial charge in [0.1, 0.15) is 6.04 Å². The van der Waals surface area contributed by atoms with Crippen LogP contribution in [0.3, 0.4) is 0 Å². The second-order valence-electron chi connectivity index (χ2n) is 3.87. The Morgan fingerprint density at radius 3 is 2.94 bits per heavy atom. The standard InChI is InChI=1S/C11H17N3O3/c1-3-6-12-7-9(15)13-8-4-5-10(16)14(2)11(8)17/h3,8,12H,1,4-7H2,2H3,(H,13,15). The molecule has 1 heterocycles. The van der Waals surface area contributed by atoms with E-state index in [1.807, 2.05) is 0 Å². The minimum Gasteiger partial charge on any atom is -0.343 e. The summed E-state index contributed by atoms with van der Waals surface area (Å²) in [7, 11) is 1.43. The number of likely N-dealkylation sites (tertiary alicyclic amines) is 1. The van der Waals surface area contributed by atoms with Crippen molar-refractivity contribution >= 4 is 17.7 Å². The number of hydrogen-bond donors (Lipinski definition) is 2. The Kier molecular flexibility index (Phi) is 4.84. The highest BCUT2D eigenvalue weighted by atomic mass is 16.2. The van der Waals surface area contributed by atoms with Crippen molar-refractivity contribution in [3.8, 4) is 0 Å². The summed E-state index contributed by atoms with van der Waals surface area (Å²) in [6.07, 6.45) is 2.30. The van der Waals surface area contributed by atoms with Crippen LogP contribution >= 0.6 is 0 Å². The predicted octanol–water partition coefficient (Wildman–Crippen LogP) is -0.974. The minimum atomic E-state index is -0.587. The van der Waals surface area contributed by atoms with E-state index in [0.29, 0.717) is 13.0 Å². The van der Waals surface area contributed by atoms with Gasteiger partial charge in [0.15, 0.2) is 0 Å². The van der Waals surface area contributed by atoms with Gasteiger partial charge in [-0.25, -0.2) is 0 Å². The van der Waals surface area contributed by atoms with Crippen LogP contribution in [0.1, 0.15) is 12.8 Å². The zero-order valence-corrected chi connectivity index (χ0v) is 9.86. The number of nitrogens with zero attached hydrogens (tertiary/aromatic N) is 1. The van der Waals surface area contributed by atoms with Crippen LogP contribution in [0.5, 0.6) is 0 Å². The maximum atomic E-state index is 11.7. The Balaban J connectivity index is 2.41. The molecule has 2 N–H and O–H groups in total. The van der Waals surface area contributed by atoms with E-state index < -0.39 is 6.04 Å². The van der Waals surface area contributed by atoms with Crippen molar-refractivity contribution in [2.24, 2.45) is 0 Å². The van der Waals surface area contributed by atoms with Gasteiger partial charge in [0.05, 0.1) is 6.54 Å². The van der Waals surface area contributed by atoms with Gasteiger partial charge in [-0.1, -0.05) is 6.08 Å². The van der Waals surface area contributed by atoms with E-state index in [4.69, 9.17) is 0 Å². The van der Waals surface area contributed by atoms with Gasteiger partial charge in [0.25, 0.3) is 5.91 Å². The van der Waals surface area contributed by atoms with Crippen LogP contribution in [0, 0.1) is 0 Å². The lowest BCUT2D eigenvalue weighted by atomic mass is 10.0. The van der Waals surface area contributed by atoms with E-state index in [9.17, 15) is 14.4 Å². The zero-order chi connectivity index (χ0) is 12.8. The number of amides is 3. The Morgan fingerprint density at radius 2 is 2.29 bits per heavy atom. The predicted molar refractivity (Wildman–Crippen MR) is 62.0 cm³/mol. The van der Waals surface area contributed by atoms with Crippen LogP contribution < -0.4 is 10.6 Å². The highest BCUT2D eigenvalue weighted by Gasteiger charge is 2.32. The van der Waals surface area contributed by atoms with Gasteiger partial charge in [-0.05, 0) is 6.42 Å². The van der Waals surface area contributed by atoms with Gasteiger partial charge < -0.3 is 10.6 Å². The summed E-state index contributed by atoms with van der Waals surface area (Å²) in [6.45, 7) is 4.18. The van der Waals surface area contributed by atoms with Crippen molar-refractivity contribution < 1.29 is 14.4 Å². The van der Waals surface area contributed by atoms with E-state index in [0.717, 1.165) is 4.90 Å². The third-order valence-electron chi connectivity index (χ3n) is 2.56. The van der Waals surface area contributed by atoms with Gasteiger partial charge in [-0.3, -0.25) is 19.3 Å². The lowest BCUT2D eigenvalue weighted by Crippen LogP contribution is -2.54. The Bertz CT molecular complexity index is 341. The van der Waals surface area contributed by atoms with E-state index in [2.05, 4.69) is 17.2 Å². The summed E-state index contributed by atoms with van der Waals surface area (Å²) in [6, 6.07) is -0.587. The van der Waals surface area contributed by atoms with Crippen molar-refractivity contribution in [2.75, 3.05) is 20.1 Å². The summed E-state index contributed by atoms with van der Waals surface area (Å²) in [5, 5.41) is 5.44. The summed E-state index contributed by atoms with van der Waals surface area (Å²) < 4.78 is 0. The van der Waals surface area contributed by atoms with E-state index >= 15 is 0 Å². The lowest BCUT2D eigenvalue weighted by molar-refractivity contribution is -0.149. The number of nitrogens with one attached hydrogen (secondary N) is 2. The first-order chi connectivity index (χ1) is 8.06. The first-order valence-corrected chi connectivity index (χ1v) is 5.47. The molecular weight excluding hydrogens is 222 g/mol. The fourth-order valence-electron chi connectivity index (χ4n) is 1.58. The molecule has 6 nitrogen and oxygen atoms in total. The molecule has 1 aliphatic heterocycles. The highest BCUT2D eigenvalue weighted by Crippen LogP contribution is 2.10. The average molecular weight is 239 g/mol. The minimum absolute atomic E-state index is 0.132. The fourth-order valence-corrected chi connectivity index (χ4v) is 1.58. The summed E-state index contributed by atoms with van der Waals surface area (Å²) in [4.78, 5) is 35.4. The molecule has 0 radical (unpaired) electrons. The molecular formula is C11H17N3O3. The molecule has 3 amide bonds. The van der Waals surface area contributed by atoms with Crippen LogP contribution in [0.4, 0.5) is 0 Å². The van der Waals surface area contributed by atoms with Gasteiger partial charge >= 0.3 is 0 Å². The molecule has 17 heavy (non-hydrogen) atoms. The van der Waals surface area contributed by atoms with Crippen LogP contribution in [0.15, 0.2) is 12.7 Å². The SMILES string of the molecule is C=CCNCC(=O)NC1CCC(=O)N(C)C1=O.